The van der Waals surface area contributed by atoms with Crippen LogP contribution in [0.15, 0.2) is 18.2 Å². The van der Waals surface area contributed by atoms with Crippen molar-refractivity contribution < 1.29 is 23.9 Å². The highest BCUT2D eigenvalue weighted by Crippen LogP contribution is 2.22. The number of methoxy groups -OCH3 is 1. The lowest BCUT2D eigenvalue weighted by Gasteiger charge is -2.10. The van der Waals surface area contributed by atoms with Crippen molar-refractivity contribution in [2.24, 2.45) is 0 Å². The summed E-state index contributed by atoms with van der Waals surface area (Å²) in [6, 6.07) is 4.74. The Hall–Kier alpha value is -2.28. The Morgan fingerprint density at radius 2 is 1.83 bits per heavy atom. The minimum absolute atomic E-state index is 0.0335. The summed E-state index contributed by atoms with van der Waals surface area (Å²) in [5.41, 5.74) is 0.318. The van der Waals surface area contributed by atoms with E-state index in [4.69, 9.17) is 21.1 Å². The van der Waals surface area contributed by atoms with Crippen LogP contribution in [-0.2, 0) is 14.3 Å². The number of halogens is 1. The highest BCUT2D eigenvalue weighted by molar-refractivity contribution is 6.31. The molecule has 2 N–H and O–H groups in total. The van der Waals surface area contributed by atoms with E-state index < -0.39 is 5.97 Å². The lowest BCUT2D eigenvalue weighted by Crippen LogP contribution is -2.35. The molecule has 0 bridgehead atoms. The van der Waals surface area contributed by atoms with Crippen molar-refractivity contribution in [3.63, 3.8) is 0 Å². The van der Waals surface area contributed by atoms with Gasteiger partial charge in [0, 0.05) is 24.5 Å². The molecular weight excluding hydrogens is 336 g/mol. The van der Waals surface area contributed by atoms with Crippen molar-refractivity contribution in [3.05, 3.63) is 28.8 Å². The van der Waals surface area contributed by atoms with Gasteiger partial charge in [-0.15, -0.1) is 0 Å². The molecule has 1 aromatic carbocycles. The second kappa shape index (κ2) is 10.5. The molecule has 0 aliphatic rings. The number of hydrogen-bond donors (Lipinski definition) is 2. The van der Waals surface area contributed by atoms with Gasteiger partial charge < -0.3 is 20.1 Å². The zero-order chi connectivity index (χ0) is 17.9. The van der Waals surface area contributed by atoms with E-state index in [1.165, 1.54) is 13.2 Å². The lowest BCUT2D eigenvalue weighted by molar-refractivity contribution is -0.144. The summed E-state index contributed by atoms with van der Waals surface area (Å²) in [6.07, 6.45) is 0.0840. The van der Waals surface area contributed by atoms with E-state index in [9.17, 15) is 14.4 Å². The van der Waals surface area contributed by atoms with Gasteiger partial charge in [0.05, 0.1) is 25.7 Å². The molecule has 0 spiro atoms. The third-order valence-electron chi connectivity index (χ3n) is 3.00. The standard InChI is InChI=1S/C16H21ClN2O5/c1-3-24-15(21)7-6-14(20)18-8-9-19-16(22)12-10-11(17)4-5-13(12)23-2/h4-5,10H,3,6-9H2,1-2H3,(H,18,20)(H,19,22). The molecule has 1 rings (SSSR count). The SMILES string of the molecule is CCOC(=O)CCC(=O)NCCNC(=O)c1cc(Cl)ccc1OC. The summed E-state index contributed by atoms with van der Waals surface area (Å²) < 4.78 is 9.84. The van der Waals surface area contributed by atoms with E-state index in [0.29, 0.717) is 22.9 Å². The molecule has 8 heteroatoms. The monoisotopic (exact) mass is 356 g/mol. The van der Waals surface area contributed by atoms with Crippen LogP contribution < -0.4 is 15.4 Å². The first kappa shape index (κ1) is 19.8. The number of carbonyl (C=O) groups is 3. The molecule has 0 heterocycles. The van der Waals surface area contributed by atoms with Crippen LogP contribution in [0.5, 0.6) is 5.75 Å². The predicted octanol–water partition coefficient (Wildman–Crippen LogP) is 1.54. The Kier molecular flexibility index (Phi) is 8.64. The van der Waals surface area contributed by atoms with E-state index in [-0.39, 0.29) is 37.7 Å². The van der Waals surface area contributed by atoms with Gasteiger partial charge in [-0.05, 0) is 25.1 Å². The number of hydrogen-bond acceptors (Lipinski definition) is 5. The smallest absolute Gasteiger partial charge is 0.306 e. The van der Waals surface area contributed by atoms with Crippen LogP contribution in [0, 0.1) is 0 Å². The molecule has 0 saturated heterocycles. The van der Waals surface area contributed by atoms with Crippen molar-refractivity contribution in [3.8, 4) is 5.75 Å². The molecule has 132 valence electrons. The summed E-state index contributed by atoms with van der Waals surface area (Å²) in [5, 5.41) is 5.69. The molecule has 0 aliphatic heterocycles. The summed E-state index contributed by atoms with van der Waals surface area (Å²) in [4.78, 5) is 34.8. The predicted molar refractivity (Wildman–Crippen MR) is 89.2 cm³/mol. The van der Waals surface area contributed by atoms with Gasteiger partial charge in [0.2, 0.25) is 5.91 Å². The molecule has 1 aromatic rings. The van der Waals surface area contributed by atoms with Crippen LogP contribution in [-0.4, -0.2) is 44.6 Å². The van der Waals surface area contributed by atoms with Crippen molar-refractivity contribution in [1.82, 2.24) is 10.6 Å². The van der Waals surface area contributed by atoms with Crippen LogP contribution in [0.2, 0.25) is 5.02 Å². The Morgan fingerprint density at radius 3 is 2.50 bits per heavy atom. The molecule has 0 aliphatic carbocycles. The van der Waals surface area contributed by atoms with Gasteiger partial charge in [0.25, 0.3) is 5.91 Å². The third-order valence-corrected chi connectivity index (χ3v) is 3.24. The number of rotatable bonds is 9. The minimum atomic E-state index is -0.408. The van der Waals surface area contributed by atoms with Gasteiger partial charge >= 0.3 is 5.97 Å². The van der Waals surface area contributed by atoms with E-state index >= 15 is 0 Å². The fraction of sp³-hybridized carbons (Fsp3) is 0.438. The molecule has 0 fully saturated rings. The molecule has 2 amide bonds. The lowest BCUT2D eigenvalue weighted by atomic mass is 10.2. The molecule has 0 unspecified atom stereocenters. The third kappa shape index (κ3) is 6.87. The first-order chi connectivity index (χ1) is 11.5. The maximum Gasteiger partial charge on any atom is 0.306 e. The Labute approximate surface area is 145 Å². The first-order valence-corrected chi connectivity index (χ1v) is 7.89. The van der Waals surface area contributed by atoms with Crippen LogP contribution in [0.3, 0.4) is 0 Å². The second-order valence-corrected chi connectivity index (χ2v) is 5.19. The van der Waals surface area contributed by atoms with Crippen LogP contribution >= 0.6 is 11.6 Å². The average molecular weight is 357 g/mol. The highest BCUT2D eigenvalue weighted by atomic mass is 35.5. The second-order valence-electron chi connectivity index (χ2n) is 4.76. The van der Waals surface area contributed by atoms with Crippen LogP contribution in [0.25, 0.3) is 0 Å². The fourth-order valence-corrected chi connectivity index (χ4v) is 2.04. The van der Waals surface area contributed by atoms with Gasteiger partial charge in [-0.3, -0.25) is 14.4 Å². The van der Waals surface area contributed by atoms with E-state index in [1.807, 2.05) is 0 Å². The van der Waals surface area contributed by atoms with Crippen molar-refractivity contribution in [2.75, 3.05) is 26.8 Å². The zero-order valence-corrected chi connectivity index (χ0v) is 14.4. The maximum absolute atomic E-state index is 12.1. The van der Waals surface area contributed by atoms with E-state index in [0.717, 1.165) is 0 Å². The van der Waals surface area contributed by atoms with Gasteiger partial charge in [-0.2, -0.15) is 0 Å². The molecule has 24 heavy (non-hydrogen) atoms. The Morgan fingerprint density at radius 1 is 1.12 bits per heavy atom. The molecule has 0 atom stereocenters. The summed E-state index contributed by atoms with van der Waals surface area (Å²) in [6.45, 7) is 2.48. The fourth-order valence-electron chi connectivity index (χ4n) is 1.87. The largest absolute Gasteiger partial charge is 0.496 e. The molecule has 0 radical (unpaired) electrons. The van der Waals surface area contributed by atoms with Crippen LogP contribution in [0.1, 0.15) is 30.1 Å². The maximum atomic E-state index is 12.1. The number of esters is 1. The van der Waals surface area contributed by atoms with Gasteiger partial charge in [-0.25, -0.2) is 0 Å². The molecule has 0 saturated carbocycles. The normalized spacial score (nSPS) is 9.96. The van der Waals surface area contributed by atoms with E-state index in [2.05, 4.69) is 10.6 Å². The number of nitrogens with one attached hydrogen (secondary N) is 2. The van der Waals surface area contributed by atoms with E-state index in [1.54, 1.807) is 19.1 Å². The number of amides is 2. The number of benzene rings is 1. The molecular formula is C16H21ClN2O5. The summed E-state index contributed by atoms with van der Waals surface area (Å²) >= 11 is 5.87. The van der Waals surface area contributed by atoms with Gasteiger partial charge in [-0.1, -0.05) is 11.6 Å². The summed E-state index contributed by atoms with van der Waals surface area (Å²) in [7, 11) is 1.46. The Bertz CT molecular complexity index is 592. The average Bonchev–Trinajstić information content (AvgIpc) is 2.57. The Balaban J connectivity index is 2.32. The summed E-state index contributed by atoms with van der Waals surface area (Å²) in [5.74, 6) is -0.628. The van der Waals surface area contributed by atoms with Crippen LogP contribution in [0.4, 0.5) is 0 Å². The minimum Gasteiger partial charge on any atom is -0.496 e. The number of carbonyl (C=O) groups excluding carboxylic acids is 3. The topological polar surface area (TPSA) is 93.7 Å². The van der Waals surface area contributed by atoms with Crippen molar-refractivity contribution >= 4 is 29.4 Å². The highest BCUT2D eigenvalue weighted by Gasteiger charge is 2.12. The number of ether oxygens (including phenoxy) is 2. The quantitative estimate of drug-likeness (QED) is 0.517. The van der Waals surface area contributed by atoms with Crippen molar-refractivity contribution in [1.29, 1.82) is 0 Å². The molecule has 0 aromatic heterocycles. The first-order valence-electron chi connectivity index (χ1n) is 7.52. The van der Waals surface area contributed by atoms with Crippen molar-refractivity contribution in [2.45, 2.75) is 19.8 Å². The van der Waals surface area contributed by atoms with Gasteiger partial charge in [0.15, 0.2) is 0 Å². The zero-order valence-electron chi connectivity index (χ0n) is 13.7. The molecule has 7 nitrogen and oxygen atoms in total. The van der Waals surface area contributed by atoms with Gasteiger partial charge in [0.1, 0.15) is 5.75 Å².